The molecule has 1 aromatic heterocycles. The van der Waals surface area contributed by atoms with Gasteiger partial charge in [-0.1, -0.05) is 6.07 Å². The number of rotatable bonds is 11. The molecule has 0 unspecified atom stereocenters. The maximum Gasteiger partial charge on any atom is 0.353 e. The summed E-state index contributed by atoms with van der Waals surface area (Å²) < 4.78 is 20.0. The van der Waals surface area contributed by atoms with Crippen molar-refractivity contribution in [1.82, 2.24) is 9.97 Å². The Balaban J connectivity index is 1.86. The number of nitro groups is 1. The van der Waals surface area contributed by atoms with Crippen molar-refractivity contribution in [3.63, 3.8) is 0 Å². The zero-order valence-electron chi connectivity index (χ0n) is 20.6. The maximum atomic E-state index is 12.1. The summed E-state index contributed by atoms with van der Waals surface area (Å²) in [4.78, 5) is 43.4. The summed E-state index contributed by atoms with van der Waals surface area (Å²) in [7, 11) is 5.46. The minimum atomic E-state index is -0.705. The van der Waals surface area contributed by atoms with Crippen LogP contribution in [0.3, 0.4) is 0 Å². The minimum absolute atomic E-state index is 0.0136. The molecule has 3 rings (SSSR count). The highest BCUT2D eigenvalue weighted by Crippen LogP contribution is 2.32. The number of benzene rings is 2. The number of nitrogens with zero attached hydrogens (tertiary/aromatic N) is 3. The zero-order valence-corrected chi connectivity index (χ0v) is 20.6. The molecule has 1 heterocycles. The van der Waals surface area contributed by atoms with Gasteiger partial charge in [0.15, 0.2) is 11.5 Å². The molecular weight excluding hydrogens is 486 g/mol. The number of carbonyl (C=O) groups is 2. The highest BCUT2D eigenvalue weighted by Gasteiger charge is 2.24. The van der Waals surface area contributed by atoms with E-state index in [9.17, 15) is 19.7 Å². The summed E-state index contributed by atoms with van der Waals surface area (Å²) in [6.07, 6.45) is 1.66. The third-order valence-electron chi connectivity index (χ3n) is 5.20. The Kier molecular flexibility index (Phi) is 8.76. The maximum absolute atomic E-state index is 12.1. The van der Waals surface area contributed by atoms with E-state index in [2.05, 4.69) is 20.6 Å². The van der Waals surface area contributed by atoms with Crippen molar-refractivity contribution < 1.29 is 33.5 Å². The Morgan fingerprint density at radius 3 is 2.08 bits per heavy atom. The number of methoxy groups -OCH3 is 4. The second kappa shape index (κ2) is 12.2. The van der Waals surface area contributed by atoms with Crippen molar-refractivity contribution in [2.45, 2.75) is 6.42 Å². The highest BCUT2D eigenvalue weighted by atomic mass is 16.6. The van der Waals surface area contributed by atoms with Crippen LogP contribution in [0.15, 0.2) is 42.7 Å². The molecule has 13 heteroatoms. The fourth-order valence-electron chi connectivity index (χ4n) is 3.44. The van der Waals surface area contributed by atoms with Crippen LogP contribution in [0.5, 0.6) is 11.5 Å². The van der Waals surface area contributed by atoms with E-state index in [-0.39, 0.29) is 28.5 Å². The molecule has 3 aromatic rings. The zero-order chi connectivity index (χ0) is 26.9. The molecule has 2 aromatic carbocycles. The molecule has 0 aliphatic heterocycles. The van der Waals surface area contributed by atoms with E-state index in [1.165, 1.54) is 39.5 Å². The molecule has 0 spiro atoms. The average Bonchev–Trinajstić information content (AvgIpc) is 2.91. The number of aromatic nitrogens is 2. The predicted molar refractivity (Wildman–Crippen MR) is 133 cm³/mol. The largest absolute Gasteiger partial charge is 0.493 e. The first-order valence-electron chi connectivity index (χ1n) is 10.8. The van der Waals surface area contributed by atoms with E-state index in [4.69, 9.17) is 18.9 Å². The third kappa shape index (κ3) is 6.39. The van der Waals surface area contributed by atoms with Crippen molar-refractivity contribution in [3.05, 3.63) is 69.5 Å². The van der Waals surface area contributed by atoms with Crippen LogP contribution >= 0.6 is 0 Å². The van der Waals surface area contributed by atoms with E-state index in [1.54, 1.807) is 13.2 Å². The predicted octanol–water partition coefficient (Wildman–Crippen LogP) is 3.37. The fraction of sp³-hybridized carbons (Fsp3) is 0.250. The molecule has 37 heavy (non-hydrogen) atoms. The number of ether oxygens (including phenoxy) is 4. The normalized spacial score (nSPS) is 10.3. The standard InChI is InChI=1S/C24H25N5O8/c1-34-18-6-5-14(9-19(18)35-2)7-8-25-21-20(29(32)33)22(27-13-26-21)28-17-11-15(23(30)36-3)10-16(12-17)24(31)37-4/h5-6,9-13H,7-8H2,1-4H3,(H2,25,26,27,28). The average molecular weight is 511 g/mol. The van der Waals surface area contributed by atoms with Crippen LogP contribution in [0.2, 0.25) is 0 Å². The summed E-state index contributed by atoms with van der Waals surface area (Å²) in [6.45, 7) is 0.317. The van der Waals surface area contributed by atoms with E-state index in [0.717, 1.165) is 11.9 Å². The van der Waals surface area contributed by atoms with Gasteiger partial charge in [0.1, 0.15) is 6.33 Å². The first-order chi connectivity index (χ1) is 17.8. The first kappa shape index (κ1) is 26.7. The van der Waals surface area contributed by atoms with Crippen molar-refractivity contribution in [1.29, 1.82) is 0 Å². The Morgan fingerprint density at radius 1 is 0.892 bits per heavy atom. The van der Waals surface area contributed by atoms with Crippen molar-refractivity contribution >= 4 is 34.9 Å². The van der Waals surface area contributed by atoms with Gasteiger partial charge in [-0.05, 0) is 42.3 Å². The molecule has 13 nitrogen and oxygen atoms in total. The monoisotopic (exact) mass is 511 g/mol. The summed E-state index contributed by atoms with van der Waals surface area (Å²) in [5.41, 5.74) is 0.755. The second-order valence-electron chi connectivity index (χ2n) is 7.45. The summed E-state index contributed by atoms with van der Waals surface area (Å²) in [5, 5.41) is 17.7. The van der Waals surface area contributed by atoms with Crippen LogP contribution in [0, 0.1) is 10.1 Å². The van der Waals surface area contributed by atoms with Crippen LogP contribution in [-0.4, -0.2) is 61.8 Å². The van der Waals surface area contributed by atoms with Crippen molar-refractivity contribution in [2.75, 3.05) is 45.6 Å². The van der Waals surface area contributed by atoms with E-state index >= 15 is 0 Å². The van der Waals surface area contributed by atoms with E-state index < -0.39 is 22.5 Å². The third-order valence-corrected chi connectivity index (χ3v) is 5.20. The lowest BCUT2D eigenvalue weighted by Crippen LogP contribution is -2.11. The van der Waals surface area contributed by atoms with Gasteiger partial charge in [0.25, 0.3) is 0 Å². The molecule has 0 fully saturated rings. The topological polar surface area (TPSA) is 164 Å². The first-order valence-corrected chi connectivity index (χ1v) is 10.8. The summed E-state index contributed by atoms with van der Waals surface area (Å²) >= 11 is 0. The summed E-state index contributed by atoms with van der Waals surface area (Å²) in [6, 6.07) is 9.47. The molecule has 2 N–H and O–H groups in total. The lowest BCUT2D eigenvalue weighted by atomic mass is 10.1. The van der Waals surface area contributed by atoms with Gasteiger partial charge in [-0.25, -0.2) is 19.6 Å². The number of carbonyl (C=O) groups excluding carboxylic acids is 2. The Labute approximate surface area is 211 Å². The van der Waals surface area contributed by atoms with Crippen LogP contribution in [-0.2, 0) is 15.9 Å². The number of esters is 2. The van der Waals surface area contributed by atoms with Crippen LogP contribution in [0.25, 0.3) is 0 Å². The second-order valence-corrected chi connectivity index (χ2v) is 7.45. The van der Waals surface area contributed by atoms with Gasteiger partial charge in [0, 0.05) is 12.2 Å². The van der Waals surface area contributed by atoms with Crippen LogP contribution in [0.1, 0.15) is 26.3 Å². The van der Waals surface area contributed by atoms with Gasteiger partial charge in [-0.15, -0.1) is 0 Å². The Bertz CT molecular complexity index is 1280. The molecule has 0 aliphatic carbocycles. The lowest BCUT2D eigenvalue weighted by Gasteiger charge is -2.12. The van der Waals surface area contributed by atoms with Crippen molar-refractivity contribution in [2.24, 2.45) is 0 Å². The van der Waals surface area contributed by atoms with Gasteiger partial charge in [0.05, 0.1) is 44.5 Å². The van der Waals surface area contributed by atoms with Gasteiger partial charge in [-0.2, -0.15) is 0 Å². The molecule has 0 saturated heterocycles. The van der Waals surface area contributed by atoms with Gasteiger partial charge >= 0.3 is 17.6 Å². The van der Waals surface area contributed by atoms with Gasteiger partial charge in [0.2, 0.25) is 11.6 Å². The number of hydrogen-bond donors (Lipinski definition) is 2. The minimum Gasteiger partial charge on any atom is -0.493 e. The van der Waals surface area contributed by atoms with Gasteiger partial charge < -0.3 is 29.6 Å². The quantitative estimate of drug-likeness (QED) is 0.219. The van der Waals surface area contributed by atoms with E-state index in [1.807, 2.05) is 12.1 Å². The smallest absolute Gasteiger partial charge is 0.353 e. The molecule has 0 saturated carbocycles. The van der Waals surface area contributed by atoms with Crippen LogP contribution in [0.4, 0.5) is 23.0 Å². The Morgan fingerprint density at radius 2 is 1.51 bits per heavy atom. The molecule has 0 bridgehead atoms. The number of hydrogen-bond acceptors (Lipinski definition) is 12. The molecule has 0 atom stereocenters. The lowest BCUT2D eigenvalue weighted by molar-refractivity contribution is -0.383. The SMILES string of the molecule is COC(=O)c1cc(Nc2ncnc(NCCc3ccc(OC)c(OC)c3)c2[N+](=O)[O-])cc(C(=O)OC)c1. The number of nitrogens with one attached hydrogen (secondary N) is 2. The highest BCUT2D eigenvalue weighted by molar-refractivity contribution is 5.97. The molecule has 0 radical (unpaired) electrons. The number of anilines is 3. The molecule has 0 aliphatic rings. The Hall–Kier alpha value is -4.94. The fourth-order valence-corrected chi connectivity index (χ4v) is 3.44. The molecular formula is C24H25N5O8. The molecule has 194 valence electrons. The molecule has 0 amide bonds. The van der Waals surface area contributed by atoms with E-state index in [0.29, 0.717) is 24.5 Å². The van der Waals surface area contributed by atoms with Gasteiger partial charge in [-0.3, -0.25) is 10.1 Å². The summed E-state index contributed by atoms with van der Waals surface area (Å²) in [5.74, 6) is -0.410. The van der Waals surface area contributed by atoms with Crippen LogP contribution < -0.4 is 20.1 Å². The van der Waals surface area contributed by atoms with Crippen molar-refractivity contribution in [3.8, 4) is 11.5 Å².